The Labute approximate surface area is 116 Å². The summed E-state index contributed by atoms with van der Waals surface area (Å²) in [6.45, 7) is 8.06. The fourth-order valence-electron chi connectivity index (χ4n) is 3.46. The normalized spacial score (nSPS) is 25.1. The van der Waals surface area contributed by atoms with Gasteiger partial charge in [0.05, 0.1) is 0 Å². The van der Waals surface area contributed by atoms with Crippen LogP contribution in [0.25, 0.3) is 0 Å². The molecule has 4 heteroatoms. The minimum absolute atomic E-state index is 0.0167. The topological polar surface area (TPSA) is 23.6 Å². The van der Waals surface area contributed by atoms with Crippen LogP contribution in [0.3, 0.4) is 0 Å². The lowest BCUT2D eigenvalue weighted by Crippen LogP contribution is -2.49. The largest absolute Gasteiger partial charge is 0.301 e. The molecule has 0 spiro atoms. The van der Waals surface area contributed by atoms with E-state index in [4.69, 9.17) is 0 Å². The number of carbonyl (C=O) groups excluding carboxylic acids is 1. The SMILES string of the molecule is CC(C)N1CCC(N2CCC(C(=O)CF)CC2)CC1. The Morgan fingerprint density at radius 3 is 2.16 bits per heavy atom. The second kappa shape index (κ2) is 6.80. The van der Waals surface area contributed by atoms with Gasteiger partial charge in [-0.2, -0.15) is 0 Å². The van der Waals surface area contributed by atoms with Crippen molar-refractivity contribution >= 4 is 5.78 Å². The maximum atomic E-state index is 12.4. The molecule has 2 saturated heterocycles. The number of alkyl halides is 1. The summed E-state index contributed by atoms with van der Waals surface area (Å²) in [6, 6.07) is 1.32. The average Bonchev–Trinajstić information content (AvgIpc) is 2.46. The first kappa shape index (κ1) is 14.9. The van der Waals surface area contributed by atoms with Gasteiger partial charge in [-0.15, -0.1) is 0 Å². The molecule has 0 aromatic carbocycles. The van der Waals surface area contributed by atoms with E-state index in [0.717, 1.165) is 25.9 Å². The number of nitrogens with zero attached hydrogens (tertiary/aromatic N) is 2. The average molecular weight is 270 g/mol. The van der Waals surface area contributed by atoms with E-state index in [1.807, 2.05) is 0 Å². The highest BCUT2D eigenvalue weighted by atomic mass is 19.1. The van der Waals surface area contributed by atoms with Crippen LogP contribution in [0.2, 0.25) is 0 Å². The molecule has 0 aliphatic carbocycles. The van der Waals surface area contributed by atoms with Crippen LogP contribution >= 0.6 is 0 Å². The Morgan fingerprint density at radius 1 is 1.11 bits per heavy atom. The maximum Gasteiger partial charge on any atom is 0.166 e. The molecule has 2 rings (SSSR count). The third kappa shape index (κ3) is 3.76. The van der Waals surface area contributed by atoms with Gasteiger partial charge in [-0.3, -0.25) is 4.79 Å². The molecule has 0 bridgehead atoms. The van der Waals surface area contributed by atoms with Crippen LogP contribution in [0, 0.1) is 5.92 Å². The lowest BCUT2D eigenvalue weighted by atomic mass is 9.90. The van der Waals surface area contributed by atoms with Gasteiger partial charge < -0.3 is 9.80 Å². The van der Waals surface area contributed by atoms with Gasteiger partial charge >= 0.3 is 0 Å². The minimum Gasteiger partial charge on any atom is -0.301 e. The van der Waals surface area contributed by atoms with E-state index in [1.165, 1.54) is 25.9 Å². The summed E-state index contributed by atoms with van der Waals surface area (Å²) in [6.07, 6.45) is 4.18. The van der Waals surface area contributed by atoms with E-state index in [2.05, 4.69) is 23.6 Å². The number of rotatable bonds is 4. The second-order valence-electron chi connectivity index (χ2n) is 6.27. The van der Waals surface area contributed by atoms with Gasteiger partial charge in [-0.05, 0) is 65.7 Å². The van der Waals surface area contributed by atoms with Crippen molar-refractivity contribution in [2.75, 3.05) is 32.9 Å². The van der Waals surface area contributed by atoms with E-state index in [0.29, 0.717) is 12.1 Å². The molecule has 19 heavy (non-hydrogen) atoms. The quantitative estimate of drug-likeness (QED) is 0.781. The van der Waals surface area contributed by atoms with E-state index >= 15 is 0 Å². The van der Waals surface area contributed by atoms with Crippen LogP contribution in [0.5, 0.6) is 0 Å². The highest BCUT2D eigenvalue weighted by Gasteiger charge is 2.30. The van der Waals surface area contributed by atoms with Crippen LogP contribution in [0.4, 0.5) is 4.39 Å². The number of ketones is 1. The van der Waals surface area contributed by atoms with Crippen LogP contribution in [-0.4, -0.2) is 60.5 Å². The highest BCUT2D eigenvalue weighted by molar-refractivity contribution is 5.82. The third-order valence-corrected chi connectivity index (χ3v) is 4.86. The predicted molar refractivity (Wildman–Crippen MR) is 75.0 cm³/mol. The Hall–Kier alpha value is -0.480. The number of carbonyl (C=O) groups is 1. The molecule has 0 radical (unpaired) electrons. The van der Waals surface area contributed by atoms with Crippen molar-refractivity contribution in [1.82, 2.24) is 9.80 Å². The summed E-state index contributed by atoms with van der Waals surface area (Å²) in [5.41, 5.74) is 0. The molecular weight excluding hydrogens is 243 g/mol. The van der Waals surface area contributed by atoms with Gasteiger partial charge in [0.15, 0.2) is 5.78 Å². The highest BCUT2D eigenvalue weighted by Crippen LogP contribution is 2.25. The van der Waals surface area contributed by atoms with E-state index in [9.17, 15) is 9.18 Å². The summed E-state index contributed by atoms with van der Waals surface area (Å²) >= 11 is 0. The molecule has 2 heterocycles. The lowest BCUT2D eigenvalue weighted by molar-refractivity contribution is -0.125. The first-order valence-corrected chi connectivity index (χ1v) is 7.68. The fourth-order valence-corrected chi connectivity index (χ4v) is 3.46. The summed E-state index contributed by atoms with van der Waals surface area (Å²) in [5.74, 6) is -0.203. The first-order chi connectivity index (χ1) is 9.11. The van der Waals surface area contributed by atoms with E-state index in [-0.39, 0.29) is 11.7 Å². The zero-order valence-corrected chi connectivity index (χ0v) is 12.3. The Bertz CT molecular complexity index is 293. The number of likely N-dealkylation sites (tertiary alicyclic amines) is 2. The molecular formula is C15H27FN2O. The molecule has 2 aliphatic heterocycles. The molecule has 3 nitrogen and oxygen atoms in total. The van der Waals surface area contributed by atoms with Crippen LogP contribution < -0.4 is 0 Å². The number of hydrogen-bond donors (Lipinski definition) is 0. The Kier molecular flexibility index (Phi) is 5.34. The molecule has 0 aromatic rings. The fraction of sp³-hybridized carbons (Fsp3) is 0.933. The molecule has 0 saturated carbocycles. The zero-order chi connectivity index (χ0) is 13.8. The van der Waals surface area contributed by atoms with Crippen molar-refractivity contribution in [1.29, 1.82) is 0 Å². The number of Topliss-reactive ketones (excluding diaryl/α,β-unsaturated/α-hetero) is 1. The monoisotopic (exact) mass is 270 g/mol. The number of halogens is 1. The number of piperidine rings is 2. The van der Waals surface area contributed by atoms with Crippen molar-refractivity contribution < 1.29 is 9.18 Å². The summed E-state index contributed by atoms with van der Waals surface area (Å²) < 4.78 is 12.4. The lowest BCUT2D eigenvalue weighted by Gasteiger charge is -2.42. The Balaban J connectivity index is 1.75. The van der Waals surface area contributed by atoms with Crippen LogP contribution in [0.15, 0.2) is 0 Å². The molecule has 0 amide bonds. The zero-order valence-electron chi connectivity index (χ0n) is 12.3. The molecule has 0 atom stereocenters. The van der Waals surface area contributed by atoms with Gasteiger partial charge in [0.2, 0.25) is 0 Å². The standard InChI is InChI=1S/C15H27FN2O/c1-12(2)17-9-5-14(6-10-17)18-7-3-13(4-8-18)15(19)11-16/h12-14H,3-11H2,1-2H3. The van der Waals surface area contributed by atoms with Crippen molar-refractivity contribution in [2.45, 2.75) is 51.6 Å². The summed E-state index contributed by atoms with van der Waals surface area (Å²) in [4.78, 5) is 16.4. The summed E-state index contributed by atoms with van der Waals surface area (Å²) in [7, 11) is 0. The molecule has 0 unspecified atom stereocenters. The van der Waals surface area contributed by atoms with Crippen LogP contribution in [0.1, 0.15) is 39.5 Å². The van der Waals surface area contributed by atoms with E-state index in [1.54, 1.807) is 0 Å². The Morgan fingerprint density at radius 2 is 1.68 bits per heavy atom. The van der Waals surface area contributed by atoms with Crippen molar-refractivity contribution in [3.05, 3.63) is 0 Å². The predicted octanol–water partition coefficient (Wildman–Crippen LogP) is 2.11. The van der Waals surface area contributed by atoms with Crippen molar-refractivity contribution in [2.24, 2.45) is 5.92 Å². The number of hydrogen-bond acceptors (Lipinski definition) is 3. The minimum atomic E-state index is -0.780. The van der Waals surface area contributed by atoms with Gasteiger partial charge in [-0.1, -0.05) is 0 Å². The maximum absolute atomic E-state index is 12.4. The molecule has 0 N–H and O–H groups in total. The van der Waals surface area contributed by atoms with E-state index < -0.39 is 6.67 Å². The van der Waals surface area contributed by atoms with Crippen LogP contribution in [-0.2, 0) is 4.79 Å². The molecule has 2 aliphatic rings. The molecule has 110 valence electrons. The summed E-state index contributed by atoms with van der Waals surface area (Å²) in [5, 5.41) is 0. The van der Waals surface area contributed by atoms with Gasteiger partial charge in [0.25, 0.3) is 0 Å². The van der Waals surface area contributed by atoms with Gasteiger partial charge in [-0.25, -0.2) is 4.39 Å². The van der Waals surface area contributed by atoms with Crippen molar-refractivity contribution in [3.8, 4) is 0 Å². The molecule has 2 fully saturated rings. The van der Waals surface area contributed by atoms with Gasteiger partial charge in [0.1, 0.15) is 6.67 Å². The third-order valence-electron chi connectivity index (χ3n) is 4.86. The molecule has 0 aromatic heterocycles. The second-order valence-corrected chi connectivity index (χ2v) is 6.27. The first-order valence-electron chi connectivity index (χ1n) is 7.68. The van der Waals surface area contributed by atoms with Crippen molar-refractivity contribution in [3.63, 3.8) is 0 Å². The van der Waals surface area contributed by atoms with Gasteiger partial charge in [0, 0.05) is 18.0 Å². The smallest absolute Gasteiger partial charge is 0.166 e.